The second-order valence-corrected chi connectivity index (χ2v) is 9.84. The minimum atomic E-state index is -0.495. The summed E-state index contributed by atoms with van der Waals surface area (Å²) in [6, 6.07) is 22.4. The van der Waals surface area contributed by atoms with Gasteiger partial charge in [-0.25, -0.2) is 4.90 Å². The van der Waals surface area contributed by atoms with Crippen molar-refractivity contribution in [3.05, 3.63) is 123 Å². The van der Waals surface area contributed by atoms with Crippen LogP contribution in [-0.4, -0.2) is 16.7 Å². The number of nitrogens with zero attached hydrogens (tertiary/aromatic N) is 2. The molecule has 0 spiro atoms. The lowest BCUT2D eigenvalue weighted by molar-refractivity contribution is -0.384. The van der Waals surface area contributed by atoms with Gasteiger partial charge in [0.1, 0.15) is 0 Å². The van der Waals surface area contributed by atoms with Crippen molar-refractivity contribution in [3.8, 4) is 0 Å². The fourth-order valence-electron chi connectivity index (χ4n) is 6.01. The van der Waals surface area contributed by atoms with Gasteiger partial charge in [0.15, 0.2) is 0 Å². The molecule has 3 aromatic rings. The number of nitro benzene ring substituents is 1. The maximum atomic E-state index is 13.7. The molecule has 2 bridgehead atoms. The van der Waals surface area contributed by atoms with E-state index in [1.54, 1.807) is 0 Å². The highest BCUT2D eigenvalue weighted by molar-refractivity contribution is 6.23. The van der Waals surface area contributed by atoms with Gasteiger partial charge in [0.2, 0.25) is 11.8 Å². The summed E-state index contributed by atoms with van der Waals surface area (Å²) >= 11 is 0. The van der Waals surface area contributed by atoms with E-state index in [4.69, 9.17) is 0 Å². The van der Waals surface area contributed by atoms with Crippen molar-refractivity contribution in [3.63, 3.8) is 0 Å². The second-order valence-electron chi connectivity index (χ2n) is 9.84. The third kappa shape index (κ3) is 3.25. The van der Waals surface area contributed by atoms with Gasteiger partial charge in [0.25, 0.3) is 5.69 Å². The first-order valence-electron chi connectivity index (χ1n) is 12.0. The summed E-state index contributed by atoms with van der Waals surface area (Å²) in [6.45, 7) is 4.11. The number of aryl methyl sites for hydroxylation is 2. The molecule has 2 fully saturated rings. The summed E-state index contributed by atoms with van der Waals surface area (Å²) in [4.78, 5) is 39.1. The Bertz CT molecular complexity index is 1390. The highest BCUT2D eigenvalue weighted by atomic mass is 16.6. The summed E-state index contributed by atoms with van der Waals surface area (Å²) in [5.74, 6) is -1.75. The third-order valence-corrected chi connectivity index (χ3v) is 7.70. The number of anilines is 1. The van der Waals surface area contributed by atoms with Crippen LogP contribution in [0.4, 0.5) is 11.4 Å². The lowest BCUT2D eigenvalue weighted by Crippen LogP contribution is -2.33. The Morgan fingerprint density at radius 1 is 0.722 bits per heavy atom. The third-order valence-electron chi connectivity index (χ3n) is 7.70. The number of hydrogen-bond acceptors (Lipinski definition) is 4. The van der Waals surface area contributed by atoms with Crippen LogP contribution in [0.5, 0.6) is 0 Å². The summed E-state index contributed by atoms with van der Waals surface area (Å²) in [5.41, 5.74) is 7.00. The Hall–Kier alpha value is -4.32. The Kier molecular flexibility index (Phi) is 5.00. The van der Waals surface area contributed by atoms with Crippen LogP contribution in [0.25, 0.3) is 5.57 Å². The van der Waals surface area contributed by atoms with E-state index in [1.807, 2.05) is 0 Å². The molecule has 36 heavy (non-hydrogen) atoms. The van der Waals surface area contributed by atoms with Crippen LogP contribution in [0.15, 0.2) is 90.5 Å². The normalized spacial score (nSPS) is 23.9. The summed E-state index contributed by atoms with van der Waals surface area (Å²) in [6.07, 6.45) is 4.15. The minimum absolute atomic E-state index is 0.0779. The topological polar surface area (TPSA) is 80.5 Å². The van der Waals surface area contributed by atoms with Gasteiger partial charge in [-0.1, -0.05) is 71.8 Å². The number of hydrogen-bond donors (Lipinski definition) is 0. The Labute approximate surface area is 208 Å². The van der Waals surface area contributed by atoms with Gasteiger partial charge in [-0.2, -0.15) is 0 Å². The quantitative estimate of drug-likeness (QED) is 0.211. The zero-order valence-corrected chi connectivity index (χ0v) is 19.9. The average Bonchev–Trinajstić information content (AvgIpc) is 3.51. The smallest absolute Gasteiger partial charge is 0.269 e. The van der Waals surface area contributed by atoms with Crippen LogP contribution in [0, 0.1) is 47.6 Å². The van der Waals surface area contributed by atoms with Crippen molar-refractivity contribution in [2.75, 3.05) is 4.90 Å². The van der Waals surface area contributed by atoms with Gasteiger partial charge in [-0.3, -0.25) is 19.7 Å². The van der Waals surface area contributed by atoms with Crippen LogP contribution in [0.1, 0.15) is 22.3 Å². The van der Waals surface area contributed by atoms with Crippen molar-refractivity contribution >= 4 is 28.8 Å². The standard InChI is InChI=1S/C30H24N2O4/c1-17-3-7-19(8-4-17)25(20-9-5-18(2)6-10-20)26-23-15-16-24(26)28-27(23)29(33)31(30(28)34)21-11-13-22(14-12-21)32(35)36/h3-16,23-24,27-28H,1-2H3/t23-,24-,27-,28+/m1/s1. The molecule has 0 aromatic heterocycles. The van der Waals surface area contributed by atoms with Gasteiger partial charge in [0.05, 0.1) is 22.4 Å². The van der Waals surface area contributed by atoms with Gasteiger partial charge < -0.3 is 0 Å². The Morgan fingerprint density at radius 3 is 1.58 bits per heavy atom. The van der Waals surface area contributed by atoms with Gasteiger partial charge in [0, 0.05) is 24.0 Å². The van der Waals surface area contributed by atoms with Crippen molar-refractivity contribution in [2.45, 2.75) is 13.8 Å². The van der Waals surface area contributed by atoms with Crippen molar-refractivity contribution in [1.29, 1.82) is 0 Å². The maximum absolute atomic E-state index is 13.7. The summed E-state index contributed by atoms with van der Waals surface area (Å²) in [5, 5.41) is 11.0. The number of allylic oxidation sites excluding steroid dienone is 3. The largest absolute Gasteiger partial charge is 0.274 e. The van der Waals surface area contributed by atoms with Crippen molar-refractivity contribution < 1.29 is 14.5 Å². The average molecular weight is 477 g/mol. The van der Waals surface area contributed by atoms with Crippen LogP contribution < -0.4 is 4.90 Å². The molecular weight excluding hydrogens is 452 g/mol. The molecule has 0 unspecified atom stereocenters. The van der Waals surface area contributed by atoms with E-state index in [9.17, 15) is 19.7 Å². The summed E-state index contributed by atoms with van der Waals surface area (Å²) in [7, 11) is 0. The van der Waals surface area contributed by atoms with Crippen molar-refractivity contribution in [2.24, 2.45) is 23.7 Å². The Morgan fingerprint density at radius 2 is 1.17 bits per heavy atom. The monoisotopic (exact) mass is 476 g/mol. The lowest BCUT2D eigenvalue weighted by Gasteiger charge is -2.21. The first-order valence-corrected chi connectivity index (χ1v) is 12.0. The highest BCUT2D eigenvalue weighted by Crippen LogP contribution is 2.58. The zero-order valence-electron chi connectivity index (χ0n) is 19.9. The molecule has 2 amide bonds. The first-order chi connectivity index (χ1) is 17.3. The number of nitro groups is 1. The Balaban J connectivity index is 1.45. The molecule has 1 saturated carbocycles. The number of imide groups is 1. The molecule has 178 valence electrons. The molecule has 6 nitrogen and oxygen atoms in total. The molecule has 3 aliphatic rings. The molecule has 1 aliphatic heterocycles. The molecule has 2 aliphatic carbocycles. The SMILES string of the molecule is Cc1ccc(C(=C2[C@H]3C=C[C@H]2[C@H]2C(=O)N(c4ccc([N+](=O)[O-])cc4)C(=O)[C@H]23)c2ccc(C)cc2)cc1. The fourth-order valence-corrected chi connectivity index (χ4v) is 6.01. The number of carbonyl (C=O) groups excluding carboxylic acids is 2. The van der Waals surface area contributed by atoms with Crippen LogP contribution in [0.2, 0.25) is 0 Å². The highest BCUT2D eigenvalue weighted by Gasteiger charge is 2.62. The predicted molar refractivity (Wildman–Crippen MR) is 137 cm³/mol. The number of fused-ring (bicyclic) bond motifs is 5. The van der Waals surface area contributed by atoms with Crippen LogP contribution >= 0.6 is 0 Å². The van der Waals surface area contributed by atoms with E-state index in [0.29, 0.717) is 5.69 Å². The van der Waals surface area contributed by atoms with E-state index >= 15 is 0 Å². The van der Waals surface area contributed by atoms with E-state index in [0.717, 1.165) is 22.3 Å². The molecule has 6 heteroatoms. The second kappa shape index (κ2) is 8.12. The van der Waals surface area contributed by atoms with Crippen molar-refractivity contribution in [1.82, 2.24) is 0 Å². The molecule has 0 N–H and O–H groups in total. The van der Waals surface area contributed by atoms with Gasteiger partial charge >= 0.3 is 0 Å². The molecule has 4 atom stereocenters. The fraction of sp³-hybridized carbons (Fsp3) is 0.200. The van der Waals surface area contributed by atoms with E-state index in [2.05, 4.69) is 74.5 Å². The lowest BCUT2D eigenvalue weighted by atomic mass is 9.85. The molecule has 0 radical (unpaired) electrons. The van der Waals surface area contributed by atoms with E-state index in [-0.39, 0.29) is 29.3 Å². The zero-order chi connectivity index (χ0) is 25.1. The number of carbonyl (C=O) groups is 2. The number of non-ortho nitro benzene ring substituents is 1. The van der Waals surface area contributed by atoms with Gasteiger partial charge in [-0.15, -0.1) is 0 Å². The molecule has 1 heterocycles. The predicted octanol–water partition coefficient (Wildman–Crippen LogP) is 5.64. The molecule has 3 aromatic carbocycles. The van der Waals surface area contributed by atoms with E-state index < -0.39 is 16.8 Å². The van der Waals surface area contributed by atoms with E-state index in [1.165, 1.54) is 40.3 Å². The number of rotatable bonds is 4. The van der Waals surface area contributed by atoms with Gasteiger partial charge in [-0.05, 0) is 48.3 Å². The molecular formula is C30H24N2O4. The van der Waals surface area contributed by atoms with Crippen LogP contribution in [-0.2, 0) is 9.59 Å². The molecule has 1 saturated heterocycles. The van der Waals surface area contributed by atoms with Crippen LogP contribution in [0.3, 0.4) is 0 Å². The number of amides is 2. The maximum Gasteiger partial charge on any atom is 0.269 e. The summed E-state index contributed by atoms with van der Waals surface area (Å²) < 4.78 is 0. The first kappa shape index (κ1) is 22.2. The number of benzene rings is 3. The minimum Gasteiger partial charge on any atom is -0.274 e. The molecule has 6 rings (SSSR count).